The molecule has 5 rings (SSSR count). The quantitative estimate of drug-likeness (QED) is 0.454. The van der Waals surface area contributed by atoms with Crippen molar-refractivity contribution in [3.05, 3.63) is 72.3 Å². The molecule has 0 saturated carbocycles. The van der Waals surface area contributed by atoms with Crippen LogP contribution < -0.4 is 4.90 Å². The van der Waals surface area contributed by atoms with Crippen LogP contribution in [-0.4, -0.2) is 56.6 Å². The summed E-state index contributed by atoms with van der Waals surface area (Å²) in [5, 5.41) is 8.73. The molecule has 34 heavy (non-hydrogen) atoms. The van der Waals surface area contributed by atoms with E-state index in [1.807, 2.05) is 48.5 Å². The predicted octanol–water partition coefficient (Wildman–Crippen LogP) is 4.03. The Morgan fingerprint density at radius 1 is 0.971 bits per heavy atom. The number of benzene rings is 1. The van der Waals surface area contributed by atoms with Gasteiger partial charge < -0.3 is 14.5 Å². The number of piperazine rings is 1. The molecule has 0 spiro atoms. The molecular weight excluding hydrogens is 442 g/mol. The van der Waals surface area contributed by atoms with Gasteiger partial charge in [0.05, 0.1) is 23.6 Å². The lowest BCUT2D eigenvalue weighted by molar-refractivity contribution is 0.0679. The van der Waals surface area contributed by atoms with Crippen molar-refractivity contribution in [3.8, 4) is 11.1 Å². The van der Waals surface area contributed by atoms with Gasteiger partial charge in [-0.05, 0) is 30.7 Å². The molecule has 1 aliphatic heterocycles. The summed E-state index contributed by atoms with van der Waals surface area (Å²) >= 11 is 0. The van der Waals surface area contributed by atoms with E-state index in [0.29, 0.717) is 31.7 Å². The highest BCUT2D eigenvalue weighted by Gasteiger charge is 2.26. The maximum Gasteiger partial charge on any atom is 0.410 e. The number of nitrogens with zero attached hydrogens (tertiary/aromatic N) is 6. The number of amides is 1. The number of carbonyl (C=O) groups excluding carboxylic acids is 1. The normalized spacial score (nSPS) is 15.1. The molecule has 1 atom stereocenters. The van der Waals surface area contributed by atoms with Gasteiger partial charge in [-0.25, -0.2) is 18.1 Å². The van der Waals surface area contributed by atoms with Crippen LogP contribution in [-0.2, 0) is 11.8 Å². The van der Waals surface area contributed by atoms with Gasteiger partial charge in [-0.15, -0.1) is 0 Å². The van der Waals surface area contributed by atoms with E-state index in [1.165, 1.54) is 6.07 Å². The Kier molecular flexibility index (Phi) is 5.64. The van der Waals surface area contributed by atoms with Crippen LogP contribution in [0.15, 0.2) is 55.1 Å². The first-order chi connectivity index (χ1) is 16.4. The van der Waals surface area contributed by atoms with Gasteiger partial charge in [-0.3, -0.25) is 4.68 Å². The lowest BCUT2D eigenvalue weighted by Crippen LogP contribution is -2.49. The number of hydrogen-bond donors (Lipinski definition) is 0. The molecule has 3 aromatic heterocycles. The average Bonchev–Trinajstić information content (AvgIpc) is 3.46. The number of rotatable bonds is 4. The van der Waals surface area contributed by atoms with E-state index in [4.69, 9.17) is 4.74 Å². The van der Waals surface area contributed by atoms with Crippen LogP contribution in [0.4, 0.5) is 19.3 Å². The molecule has 1 saturated heterocycles. The zero-order valence-electron chi connectivity index (χ0n) is 18.9. The molecule has 10 heteroatoms. The zero-order valence-corrected chi connectivity index (χ0v) is 18.9. The van der Waals surface area contributed by atoms with E-state index in [-0.39, 0.29) is 0 Å². The van der Waals surface area contributed by atoms with Gasteiger partial charge in [0.2, 0.25) is 0 Å². The Morgan fingerprint density at radius 3 is 2.47 bits per heavy atom. The number of ether oxygens (including phenoxy) is 1. The second kappa shape index (κ2) is 8.77. The van der Waals surface area contributed by atoms with Gasteiger partial charge in [0.15, 0.2) is 11.6 Å². The van der Waals surface area contributed by atoms with Gasteiger partial charge in [0.1, 0.15) is 6.10 Å². The number of pyridine rings is 1. The number of fused-ring (bicyclic) bond motifs is 1. The number of carbonyl (C=O) groups is 1. The first-order valence-electron chi connectivity index (χ1n) is 11.0. The van der Waals surface area contributed by atoms with Crippen molar-refractivity contribution in [1.82, 2.24) is 24.3 Å². The third-order valence-corrected chi connectivity index (χ3v) is 6.10. The van der Waals surface area contributed by atoms with Crippen LogP contribution in [0.25, 0.3) is 16.6 Å². The first-order valence-corrected chi connectivity index (χ1v) is 11.0. The lowest BCUT2D eigenvalue weighted by atomic mass is 10.1. The van der Waals surface area contributed by atoms with E-state index >= 15 is 0 Å². The van der Waals surface area contributed by atoms with Crippen molar-refractivity contribution < 1.29 is 18.3 Å². The van der Waals surface area contributed by atoms with E-state index < -0.39 is 23.8 Å². The summed E-state index contributed by atoms with van der Waals surface area (Å²) in [6.45, 7) is 3.85. The minimum atomic E-state index is -0.963. The smallest absolute Gasteiger partial charge is 0.410 e. The monoisotopic (exact) mass is 466 g/mol. The van der Waals surface area contributed by atoms with E-state index in [1.54, 1.807) is 16.5 Å². The Labute approximate surface area is 194 Å². The summed E-state index contributed by atoms with van der Waals surface area (Å²) in [6.07, 6.45) is 6.42. The Balaban J connectivity index is 1.22. The van der Waals surface area contributed by atoms with Crippen LogP contribution in [0.2, 0.25) is 0 Å². The van der Waals surface area contributed by atoms with Crippen molar-refractivity contribution in [1.29, 1.82) is 0 Å². The molecule has 0 N–H and O–H groups in total. The number of hydrogen-bond acceptors (Lipinski definition) is 5. The maximum atomic E-state index is 13.5. The molecular formula is C24H24F2N6O2. The zero-order chi connectivity index (χ0) is 23.8. The Morgan fingerprint density at radius 2 is 1.76 bits per heavy atom. The fourth-order valence-electron chi connectivity index (χ4n) is 4.14. The molecule has 8 nitrogen and oxygen atoms in total. The Hall–Kier alpha value is -3.95. The fraction of sp³-hybridized carbons (Fsp3) is 0.292. The molecule has 1 unspecified atom stereocenters. The third kappa shape index (κ3) is 4.18. The summed E-state index contributed by atoms with van der Waals surface area (Å²) in [6, 6.07) is 7.58. The largest absolute Gasteiger partial charge is 0.442 e. The molecule has 4 heterocycles. The lowest BCUT2D eigenvalue weighted by Gasteiger charge is -2.35. The van der Waals surface area contributed by atoms with Crippen molar-refractivity contribution in [2.75, 3.05) is 31.1 Å². The number of halogens is 2. The van der Waals surface area contributed by atoms with Gasteiger partial charge in [0.25, 0.3) is 0 Å². The number of aryl methyl sites for hydroxylation is 1. The number of anilines is 1. The molecule has 0 aliphatic carbocycles. The van der Waals surface area contributed by atoms with Crippen molar-refractivity contribution >= 4 is 17.3 Å². The molecule has 4 aromatic rings. The van der Waals surface area contributed by atoms with Crippen LogP contribution >= 0.6 is 0 Å². The summed E-state index contributed by atoms with van der Waals surface area (Å²) < 4.78 is 35.7. The maximum absolute atomic E-state index is 13.5. The third-order valence-electron chi connectivity index (χ3n) is 6.10. The predicted molar refractivity (Wildman–Crippen MR) is 122 cm³/mol. The average molecular weight is 466 g/mol. The Bertz CT molecular complexity index is 1340. The molecule has 1 aliphatic rings. The van der Waals surface area contributed by atoms with E-state index in [0.717, 1.165) is 34.5 Å². The molecule has 1 amide bonds. The molecule has 0 bridgehead atoms. The summed E-state index contributed by atoms with van der Waals surface area (Å²) in [5.41, 5.74) is 4.43. The second-order valence-corrected chi connectivity index (χ2v) is 8.35. The summed E-state index contributed by atoms with van der Waals surface area (Å²) in [5.74, 6) is -1.89. The second-order valence-electron chi connectivity index (χ2n) is 8.35. The molecule has 176 valence electrons. The summed E-state index contributed by atoms with van der Waals surface area (Å²) in [4.78, 5) is 16.4. The van der Waals surface area contributed by atoms with E-state index in [2.05, 4.69) is 15.1 Å². The van der Waals surface area contributed by atoms with Crippen molar-refractivity contribution in [2.24, 2.45) is 7.05 Å². The van der Waals surface area contributed by atoms with Crippen molar-refractivity contribution in [2.45, 2.75) is 13.0 Å². The van der Waals surface area contributed by atoms with Gasteiger partial charge in [0, 0.05) is 56.7 Å². The molecule has 0 radical (unpaired) electrons. The van der Waals surface area contributed by atoms with Gasteiger partial charge in [-0.1, -0.05) is 12.1 Å². The highest BCUT2D eigenvalue weighted by Crippen LogP contribution is 2.27. The fourth-order valence-corrected chi connectivity index (χ4v) is 4.14. The first kappa shape index (κ1) is 21.9. The standard InChI is InChI=1S/C24H24F2N6O2/c1-16(17-3-5-20(25)21(26)11-17)34-24(33)31-9-7-30(8-10-31)23-13-28-32-15-18(4-6-22(23)32)19-12-27-29(2)14-19/h3-6,11-16H,7-10H2,1-2H3. The number of aromatic nitrogens is 4. The highest BCUT2D eigenvalue weighted by molar-refractivity contribution is 5.76. The SMILES string of the molecule is CC(OC(=O)N1CCN(c2cnn3cc(-c4cnn(C)c4)ccc23)CC1)c1ccc(F)c(F)c1. The molecule has 1 aromatic carbocycles. The topological polar surface area (TPSA) is 67.9 Å². The minimum absolute atomic E-state index is 0.405. The van der Waals surface area contributed by atoms with Crippen LogP contribution in [0, 0.1) is 11.6 Å². The highest BCUT2D eigenvalue weighted by atomic mass is 19.2. The van der Waals surface area contributed by atoms with Crippen molar-refractivity contribution in [3.63, 3.8) is 0 Å². The van der Waals surface area contributed by atoms with E-state index in [9.17, 15) is 13.6 Å². The minimum Gasteiger partial charge on any atom is -0.442 e. The van der Waals surface area contributed by atoms with Gasteiger partial charge in [-0.2, -0.15) is 10.2 Å². The van der Waals surface area contributed by atoms with Crippen LogP contribution in [0.3, 0.4) is 0 Å². The summed E-state index contributed by atoms with van der Waals surface area (Å²) in [7, 11) is 1.88. The molecule has 1 fully saturated rings. The van der Waals surface area contributed by atoms with Gasteiger partial charge >= 0.3 is 6.09 Å². The van der Waals surface area contributed by atoms with Crippen LogP contribution in [0.5, 0.6) is 0 Å². The van der Waals surface area contributed by atoms with Crippen LogP contribution in [0.1, 0.15) is 18.6 Å².